The molecule has 16 heavy (non-hydrogen) atoms. The van der Waals surface area contributed by atoms with Gasteiger partial charge in [0, 0.05) is 10.7 Å². The van der Waals surface area contributed by atoms with Crippen LogP contribution < -0.4 is 9.47 Å². The smallest absolute Gasteiger partial charge is 0.239 e. The number of hydrogen-bond acceptors (Lipinski definition) is 4. The highest BCUT2D eigenvalue weighted by atomic mass is 35.7. The molecule has 6 heteroatoms. The van der Waals surface area contributed by atoms with Crippen LogP contribution >= 0.6 is 10.7 Å². The predicted molar refractivity (Wildman–Crippen MR) is 60.5 cm³/mol. The summed E-state index contributed by atoms with van der Waals surface area (Å²) in [5.41, 5.74) is 1.46. The maximum absolute atomic E-state index is 11.3. The van der Waals surface area contributed by atoms with Crippen LogP contribution in [0.3, 0.4) is 0 Å². The van der Waals surface area contributed by atoms with Crippen LogP contribution in [0.1, 0.15) is 23.3 Å². The number of rotatable bonds is 2. The molecule has 0 aliphatic carbocycles. The van der Waals surface area contributed by atoms with E-state index in [1.165, 1.54) is 0 Å². The standard InChI is InChI=1S/C10H11ClO4S/c1-6-3-9-10(15-5-14-9)4-8(6)7(2)16(11,12)13/h3-4,7H,5H2,1-2H3. The zero-order valence-electron chi connectivity index (χ0n) is 8.86. The fourth-order valence-corrected chi connectivity index (χ4v) is 2.49. The van der Waals surface area contributed by atoms with Crippen molar-refractivity contribution in [2.75, 3.05) is 6.79 Å². The molecule has 4 nitrogen and oxygen atoms in total. The number of aryl methyl sites for hydroxylation is 1. The molecule has 1 aromatic carbocycles. The second-order valence-electron chi connectivity index (χ2n) is 3.68. The number of ether oxygens (including phenoxy) is 2. The average molecular weight is 263 g/mol. The highest BCUT2D eigenvalue weighted by Crippen LogP contribution is 2.38. The summed E-state index contributed by atoms with van der Waals surface area (Å²) in [5.74, 6) is 1.20. The predicted octanol–water partition coefficient (Wildman–Crippen LogP) is 2.35. The maximum Gasteiger partial charge on any atom is 0.239 e. The number of fused-ring (bicyclic) bond motifs is 1. The number of halogens is 1. The van der Waals surface area contributed by atoms with Gasteiger partial charge in [-0.25, -0.2) is 8.42 Å². The van der Waals surface area contributed by atoms with Crippen LogP contribution in [-0.2, 0) is 9.05 Å². The van der Waals surface area contributed by atoms with Crippen molar-refractivity contribution in [3.63, 3.8) is 0 Å². The monoisotopic (exact) mass is 262 g/mol. The molecule has 0 bridgehead atoms. The first-order valence-electron chi connectivity index (χ1n) is 4.73. The van der Waals surface area contributed by atoms with E-state index < -0.39 is 14.3 Å². The van der Waals surface area contributed by atoms with E-state index in [1.807, 2.05) is 6.92 Å². The Kier molecular flexibility index (Phi) is 2.75. The van der Waals surface area contributed by atoms with Gasteiger partial charge in [0.25, 0.3) is 0 Å². The van der Waals surface area contributed by atoms with Gasteiger partial charge in [0.05, 0.1) is 5.25 Å². The van der Waals surface area contributed by atoms with E-state index in [0.717, 1.165) is 5.56 Å². The van der Waals surface area contributed by atoms with Gasteiger partial charge in [-0.15, -0.1) is 0 Å². The van der Waals surface area contributed by atoms with E-state index in [9.17, 15) is 8.42 Å². The van der Waals surface area contributed by atoms with E-state index in [4.69, 9.17) is 20.2 Å². The molecule has 0 aromatic heterocycles. The summed E-state index contributed by atoms with van der Waals surface area (Å²) in [7, 11) is 1.72. The third-order valence-corrected chi connectivity index (χ3v) is 4.52. The Morgan fingerprint density at radius 1 is 1.31 bits per heavy atom. The molecule has 0 saturated heterocycles. The Hall–Kier alpha value is -0.940. The quantitative estimate of drug-likeness (QED) is 0.768. The highest BCUT2D eigenvalue weighted by Gasteiger charge is 2.25. The van der Waals surface area contributed by atoms with Crippen LogP contribution in [0.25, 0.3) is 0 Å². The summed E-state index contributed by atoms with van der Waals surface area (Å²) < 4.78 is 32.9. The Labute approximate surface area is 98.5 Å². The average Bonchev–Trinajstić information content (AvgIpc) is 2.60. The van der Waals surface area contributed by atoms with Gasteiger partial charge in [-0.2, -0.15) is 0 Å². The first kappa shape index (κ1) is 11.5. The van der Waals surface area contributed by atoms with Crippen LogP contribution in [0.15, 0.2) is 12.1 Å². The van der Waals surface area contributed by atoms with E-state index in [-0.39, 0.29) is 6.79 Å². The first-order chi connectivity index (χ1) is 7.39. The molecule has 1 aliphatic heterocycles. The molecule has 0 amide bonds. The zero-order chi connectivity index (χ0) is 11.9. The second kappa shape index (κ2) is 3.82. The van der Waals surface area contributed by atoms with Crippen LogP contribution in [0.4, 0.5) is 0 Å². The highest BCUT2D eigenvalue weighted by molar-refractivity contribution is 8.13. The van der Waals surface area contributed by atoms with E-state index in [2.05, 4.69) is 0 Å². The third kappa shape index (κ3) is 1.97. The van der Waals surface area contributed by atoms with Gasteiger partial charge < -0.3 is 9.47 Å². The molecule has 1 unspecified atom stereocenters. The van der Waals surface area contributed by atoms with Gasteiger partial charge in [0.15, 0.2) is 11.5 Å². The minimum absolute atomic E-state index is 0.167. The van der Waals surface area contributed by atoms with Crippen molar-refractivity contribution in [2.45, 2.75) is 19.1 Å². The summed E-state index contributed by atoms with van der Waals surface area (Å²) in [4.78, 5) is 0. The van der Waals surface area contributed by atoms with Crippen molar-refractivity contribution in [2.24, 2.45) is 0 Å². The van der Waals surface area contributed by atoms with Gasteiger partial charge in [0.2, 0.25) is 15.8 Å². The van der Waals surface area contributed by atoms with Gasteiger partial charge in [0.1, 0.15) is 0 Å². The SMILES string of the molecule is Cc1cc2c(cc1C(C)S(=O)(=O)Cl)OCO2. The minimum Gasteiger partial charge on any atom is -0.454 e. The van der Waals surface area contributed by atoms with Gasteiger partial charge >= 0.3 is 0 Å². The molecule has 88 valence electrons. The Morgan fingerprint density at radius 2 is 1.88 bits per heavy atom. The molecule has 0 fully saturated rings. The fourth-order valence-electron chi connectivity index (χ4n) is 1.65. The van der Waals surface area contributed by atoms with E-state index in [1.54, 1.807) is 19.1 Å². The van der Waals surface area contributed by atoms with E-state index >= 15 is 0 Å². The Balaban J connectivity index is 2.50. The van der Waals surface area contributed by atoms with Crippen molar-refractivity contribution < 1.29 is 17.9 Å². The van der Waals surface area contributed by atoms with Crippen LogP contribution in [0.2, 0.25) is 0 Å². The summed E-state index contributed by atoms with van der Waals surface area (Å²) in [6.07, 6.45) is 0. The Bertz CT molecular complexity index is 524. The normalized spacial score (nSPS) is 16.2. The second-order valence-corrected chi connectivity index (χ2v) is 6.63. The van der Waals surface area contributed by atoms with Crippen molar-refractivity contribution in [3.05, 3.63) is 23.3 Å². The molecule has 1 aromatic rings. The molecular weight excluding hydrogens is 252 g/mol. The number of hydrogen-bond donors (Lipinski definition) is 0. The van der Waals surface area contributed by atoms with Crippen molar-refractivity contribution in [1.82, 2.24) is 0 Å². The van der Waals surface area contributed by atoms with Crippen molar-refractivity contribution in [1.29, 1.82) is 0 Å². The fraction of sp³-hybridized carbons (Fsp3) is 0.400. The first-order valence-corrected chi connectivity index (χ1v) is 7.10. The molecule has 1 aliphatic rings. The molecule has 1 heterocycles. The van der Waals surface area contributed by atoms with Gasteiger partial charge in [-0.05, 0) is 37.1 Å². The van der Waals surface area contributed by atoms with Crippen LogP contribution in [0, 0.1) is 6.92 Å². The summed E-state index contributed by atoms with van der Waals surface area (Å²) in [5, 5.41) is -0.760. The number of benzene rings is 1. The molecular formula is C10H11ClO4S. The lowest BCUT2D eigenvalue weighted by Gasteiger charge is -2.12. The molecule has 2 rings (SSSR count). The van der Waals surface area contributed by atoms with E-state index in [0.29, 0.717) is 17.1 Å². The molecule has 0 N–H and O–H groups in total. The lowest BCUT2D eigenvalue weighted by atomic mass is 10.1. The zero-order valence-corrected chi connectivity index (χ0v) is 10.4. The minimum atomic E-state index is -3.62. The molecule has 0 radical (unpaired) electrons. The van der Waals surface area contributed by atoms with Gasteiger partial charge in [-0.1, -0.05) is 0 Å². The topological polar surface area (TPSA) is 52.6 Å². The molecule has 0 spiro atoms. The van der Waals surface area contributed by atoms with Crippen LogP contribution in [0.5, 0.6) is 11.5 Å². The Morgan fingerprint density at radius 3 is 2.44 bits per heavy atom. The molecule has 1 atom stereocenters. The summed E-state index contributed by atoms with van der Waals surface area (Å²) >= 11 is 0. The molecule has 0 saturated carbocycles. The summed E-state index contributed by atoms with van der Waals surface area (Å²) in [6, 6.07) is 3.43. The van der Waals surface area contributed by atoms with Gasteiger partial charge in [-0.3, -0.25) is 0 Å². The van der Waals surface area contributed by atoms with Crippen molar-refractivity contribution >= 4 is 19.7 Å². The largest absolute Gasteiger partial charge is 0.454 e. The summed E-state index contributed by atoms with van der Waals surface area (Å²) in [6.45, 7) is 3.53. The van der Waals surface area contributed by atoms with Crippen LogP contribution in [-0.4, -0.2) is 15.2 Å². The lowest BCUT2D eigenvalue weighted by molar-refractivity contribution is 0.174. The maximum atomic E-state index is 11.3. The van der Waals surface area contributed by atoms with Crippen molar-refractivity contribution in [3.8, 4) is 11.5 Å². The lowest BCUT2D eigenvalue weighted by Crippen LogP contribution is -2.04. The third-order valence-electron chi connectivity index (χ3n) is 2.62.